The largest absolute Gasteiger partial charge is 0.416 e. The Bertz CT molecular complexity index is 1260. The van der Waals surface area contributed by atoms with E-state index in [1.165, 1.54) is 24.1 Å². The summed E-state index contributed by atoms with van der Waals surface area (Å²) in [6, 6.07) is 26.2. The van der Waals surface area contributed by atoms with Crippen molar-refractivity contribution in [3.05, 3.63) is 108 Å². The molecule has 4 aromatic rings. The summed E-state index contributed by atoms with van der Waals surface area (Å²) in [5.74, 6) is 0.261. The summed E-state index contributed by atoms with van der Waals surface area (Å²) >= 11 is 1.35. The van der Waals surface area contributed by atoms with Crippen LogP contribution in [0.1, 0.15) is 11.1 Å². The van der Waals surface area contributed by atoms with Crippen molar-refractivity contribution < 1.29 is 13.2 Å². The second-order valence-corrected chi connectivity index (χ2v) is 8.28. The van der Waals surface area contributed by atoms with Gasteiger partial charge in [0.25, 0.3) is 0 Å². The number of aliphatic imine (C=N–C) groups is 1. The molecule has 0 amide bonds. The first kappa shape index (κ1) is 23.4. The summed E-state index contributed by atoms with van der Waals surface area (Å²) in [4.78, 5) is 9.98. The number of halogens is 3. The Morgan fingerprint density at radius 3 is 2.18 bits per heavy atom. The van der Waals surface area contributed by atoms with Crippen LogP contribution in [0.4, 0.5) is 13.2 Å². The van der Waals surface area contributed by atoms with E-state index in [4.69, 9.17) is 5.73 Å². The van der Waals surface area contributed by atoms with E-state index in [0.29, 0.717) is 11.3 Å². The zero-order chi connectivity index (χ0) is 24.0. The lowest BCUT2D eigenvalue weighted by molar-refractivity contribution is -0.137. The molecule has 4 nitrogen and oxygen atoms in total. The molecule has 0 radical (unpaired) electrons. The molecule has 0 saturated carbocycles. The van der Waals surface area contributed by atoms with E-state index in [1.807, 2.05) is 66.7 Å². The first-order valence-electron chi connectivity index (χ1n) is 10.4. The van der Waals surface area contributed by atoms with Crippen LogP contribution in [0.3, 0.4) is 0 Å². The summed E-state index contributed by atoms with van der Waals surface area (Å²) in [6.45, 7) is 0.268. The van der Waals surface area contributed by atoms with Gasteiger partial charge in [-0.05, 0) is 53.4 Å². The molecule has 1 aromatic heterocycles. The molecular formula is C26H21F3N4S. The molecule has 0 spiro atoms. The van der Waals surface area contributed by atoms with Crippen molar-refractivity contribution in [2.45, 2.75) is 17.6 Å². The molecule has 0 atom stereocenters. The minimum Gasteiger partial charge on any atom is -0.369 e. The number of guanidine groups is 1. The van der Waals surface area contributed by atoms with Crippen molar-refractivity contribution >= 4 is 17.9 Å². The van der Waals surface area contributed by atoms with Crippen LogP contribution in [-0.4, -0.2) is 10.9 Å². The summed E-state index contributed by atoms with van der Waals surface area (Å²) in [7, 11) is 0. The predicted octanol–water partition coefficient (Wildman–Crippen LogP) is 6.55. The van der Waals surface area contributed by atoms with Crippen LogP contribution in [0.5, 0.6) is 0 Å². The Balaban J connectivity index is 1.60. The number of pyridine rings is 1. The van der Waals surface area contributed by atoms with Gasteiger partial charge in [0, 0.05) is 22.2 Å². The van der Waals surface area contributed by atoms with Gasteiger partial charge in [-0.25, -0.2) is 4.99 Å². The average molecular weight is 479 g/mol. The molecule has 0 aliphatic carbocycles. The van der Waals surface area contributed by atoms with Gasteiger partial charge in [-0.3, -0.25) is 9.71 Å². The van der Waals surface area contributed by atoms with Gasteiger partial charge in [0.2, 0.25) is 0 Å². The highest BCUT2D eigenvalue weighted by Gasteiger charge is 2.30. The number of nitrogens with zero attached hydrogens (tertiary/aromatic N) is 2. The van der Waals surface area contributed by atoms with Crippen molar-refractivity contribution in [3.63, 3.8) is 0 Å². The quantitative estimate of drug-likeness (QED) is 0.188. The van der Waals surface area contributed by atoms with Gasteiger partial charge in [0.15, 0.2) is 5.96 Å². The Kier molecular flexibility index (Phi) is 7.18. The van der Waals surface area contributed by atoms with E-state index in [2.05, 4.69) is 14.7 Å². The zero-order valence-corrected chi connectivity index (χ0v) is 18.8. The maximum absolute atomic E-state index is 13.0. The molecule has 0 aliphatic rings. The number of benzene rings is 3. The highest BCUT2D eigenvalue weighted by molar-refractivity contribution is 7.98. The molecule has 0 fully saturated rings. The Morgan fingerprint density at radius 2 is 1.53 bits per heavy atom. The number of hydrogen-bond acceptors (Lipinski definition) is 3. The topological polar surface area (TPSA) is 63.3 Å². The number of hydrogen-bond donors (Lipinski definition) is 2. The molecule has 8 heteroatoms. The molecular weight excluding hydrogens is 457 g/mol. The molecule has 0 aliphatic heterocycles. The van der Waals surface area contributed by atoms with Gasteiger partial charge in [0.05, 0.1) is 17.8 Å². The number of nitrogens with one attached hydrogen (secondary N) is 1. The monoisotopic (exact) mass is 478 g/mol. The molecule has 1 heterocycles. The van der Waals surface area contributed by atoms with E-state index in [9.17, 15) is 13.2 Å². The van der Waals surface area contributed by atoms with Crippen LogP contribution < -0.4 is 10.5 Å². The lowest BCUT2D eigenvalue weighted by atomic mass is 9.97. The second-order valence-electron chi connectivity index (χ2n) is 7.40. The van der Waals surface area contributed by atoms with E-state index in [1.54, 1.807) is 6.20 Å². The summed E-state index contributed by atoms with van der Waals surface area (Å²) in [6.07, 6.45) is -2.69. The fraction of sp³-hybridized carbons (Fsp3) is 0.0769. The van der Waals surface area contributed by atoms with Crippen molar-refractivity contribution in [2.75, 3.05) is 0 Å². The van der Waals surface area contributed by atoms with Crippen LogP contribution in [0.2, 0.25) is 0 Å². The van der Waals surface area contributed by atoms with Gasteiger partial charge in [0.1, 0.15) is 0 Å². The summed E-state index contributed by atoms with van der Waals surface area (Å²) in [5.41, 5.74) is 8.98. The normalized spacial score (nSPS) is 11.9. The number of nitrogens with two attached hydrogens (primary N) is 1. The van der Waals surface area contributed by atoms with Crippen molar-refractivity contribution in [3.8, 4) is 22.4 Å². The van der Waals surface area contributed by atoms with Crippen LogP contribution in [0.25, 0.3) is 22.4 Å². The van der Waals surface area contributed by atoms with Crippen molar-refractivity contribution in [1.29, 1.82) is 0 Å². The van der Waals surface area contributed by atoms with Crippen LogP contribution >= 0.6 is 11.9 Å². The SMILES string of the molecule is NC(=NCc1cnc(-c2ccccc2)c(-c2ccc(C(F)(F)F)cc2)c1)NSc1ccccc1. The lowest BCUT2D eigenvalue weighted by Crippen LogP contribution is -2.25. The highest BCUT2D eigenvalue weighted by Crippen LogP contribution is 2.34. The van der Waals surface area contributed by atoms with Crippen molar-refractivity contribution in [2.24, 2.45) is 10.7 Å². The standard InChI is InChI=1S/C26H21F3N4S/c27-26(28,29)21-13-11-19(12-14-21)23-15-18(16-31-24(23)20-7-3-1-4-8-20)17-32-25(30)33-34-22-9-5-2-6-10-22/h1-16H,17H2,(H3,30,32,33). The van der Waals surface area contributed by atoms with E-state index >= 15 is 0 Å². The first-order valence-corrected chi connectivity index (χ1v) is 11.2. The number of alkyl halides is 3. The van der Waals surface area contributed by atoms with Crippen LogP contribution in [0, 0.1) is 0 Å². The highest BCUT2D eigenvalue weighted by atomic mass is 32.2. The first-order chi connectivity index (χ1) is 16.4. The van der Waals surface area contributed by atoms with Gasteiger partial charge in [-0.15, -0.1) is 0 Å². The minimum atomic E-state index is -4.39. The van der Waals surface area contributed by atoms with Crippen LogP contribution in [0.15, 0.2) is 107 Å². The maximum Gasteiger partial charge on any atom is 0.416 e. The third kappa shape index (κ3) is 5.96. The lowest BCUT2D eigenvalue weighted by Gasteiger charge is -2.13. The molecule has 3 aromatic carbocycles. The Morgan fingerprint density at radius 1 is 0.882 bits per heavy atom. The Hall–Kier alpha value is -3.78. The molecule has 3 N–H and O–H groups in total. The maximum atomic E-state index is 13.0. The Labute approximate surface area is 199 Å². The second kappa shape index (κ2) is 10.4. The van der Waals surface area contributed by atoms with E-state index < -0.39 is 11.7 Å². The van der Waals surface area contributed by atoms with Crippen molar-refractivity contribution in [1.82, 2.24) is 9.71 Å². The molecule has 0 unspecified atom stereocenters. The smallest absolute Gasteiger partial charge is 0.369 e. The zero-order valence-electron chi connectivity index (χ0n) is 18.0. The van der Waals surface area contributed by atoms with Crippen LogP contribution in [-0.2, 0) is 12.7 Å². The van der Waals surface area contributed by atoms with E-state index in [-0.39, 0.29) is 12.5 Å². The predicted molar refractivity (Wildman–Crippen MR) is 131 cm³/mol. The molecule has 34 heavy (non-hydrogen) atoms. The molecule has 4 rings (SSSR count). The van der Waals surface area contributed by atoms with Gasteiger partial charge in [-0.1, -0.05) is 60.7 Å². The van der Waals surface area contributed by atoms with Gasteiger partial charge < -0.3 is 5.73 Å². The number of rotatable bonds is 6. The summed E-state index contributed by atoms with van der Waals surface area (Å²) < 4.78 is 42.1. The summed E-state index contributed by atoms with van der Waals surface area (Å²) in [5, 5.41) is 0. The molecule has 172 valence electrons. The molecule has 0 bridgehead atoms. The fourth-order valence-electron chi connectivity index (χ4n) is 3.29. The number of aromatic nitrogens is 1. The third-order valence-corrected chi connectivity index (χ3v) is 5.78. The third-order valence-electron chi connectivity index (χ3n) is 4.96. The van der Waals surface area contributed by atoms with Gasteiger partial charge >= 0.3 is 6.18 Å². The average Bonchev–Trinajstić information content (AvgIpc) is 2.87. The fourth-order valence-corrected chi connectivity index (χ4v) is 3.87. The van der Waals surface area contributed by atoms with E-state index in [0.717, 1.165) is 33.7 Å². The minimum absolute atomic E-state index is 0.261. The molecule has 0 saturated heterocycles. The van der Waals surface area contributed by atoms with Gasteiger partial charge in [-0.2, -0.15) is 13.2 Å².